The fourth-order valence-corrected chi connectivity index (χ4v) is 2.74. The van der Waals surface area contributed by atoms with E-state index in [2.05, 4.69) is 66.7 Å². The monoisotopic (exact) mass is 279 g/mol. The van der Waals surface area contributed by atoms with Crippen LogP contribution in [-0.4, -0.2) is 15.8 Å². The Labute approximate surface area is 125 Å². The Morgan fingerprint density at radius 2 is 1.86 bits per heavy atom. The van der Waals surface area contributed by atoms with Crippen molar-refractivity contribution in [2.24, 2.45) is 0 Å². The molecule has 0 saturated heterocycles. The molecule has 3 rings (SSSR count). The lowest BCUT2D eigenvalue weighted by atomic mass is 10.0. The van der Waals surface area contributed by atoms with E-state index in [1.165, 1.54) is 16.3 Å². The van der Waals surface area contributed by atoms with Gasteiger partial charge in [0.15, 0.2) is 0 Å². The van der Waals surface area contributed by atoms with Crippen LogP contribution in [0.4, 0.5) is 0 Å². The molecule has 0 aliphatic heterocycles. The molecule has 0 radical (unpaired) electrons. The lowest BCUT2D eigenvalue weighted by Crippen LogP contribution is -2.32. The molecule has 1 N–H and O–H groups in total. The lowest BCUT2D eigenvalue weighted by molar-refractivity contribution is 0.413. The first-order chi connectivity index (χ1) is 10.2. The number of fused-ring (bicyclic) bond motifs is 1. The van der Waals surface area contributed by atoms with Crippen LogP contribution in [0.1, 0.15) is 25.5 Å². The van der Waals surface area contributed by atoms with Gasteiger partial charge < -0.3 is 5.32 Å². The van der Waals surface area contributed by atoms with Gasteiger partial charge in [0.1, 0.15) is 0 Å². The summed E-state index contributed by atoms with van der Waals surface area (Å²) >= 11 is 0. The molecule has 2 atom stereocenters. The van der Waals surface area contributed by atoms with Crippen LogP contribution in [0.3, 0.4) is 0 Å². The third-order valence-corrected chi connectivity index (χ3v) is 3.83. The van der Waals surface area contributed by atoms with Crippen LogP contribution in [0.25, 0.3) is 10.8 Å². The molecular formula is C18H21N3. The van der Waals surface area contributed by atoms with Gasteiger partial charge in [-0.3, -0.25) is 4.68 Å². The molecule has 2 aromatic carbocycles. The Balaban J connectivity index is 1.69. The summed E-state index contributed by atoms with van der Waals surface area (Å²) in [7, 11) is 0. The van der Waals surface area contributed by atoms with E-state index >= 15 is 0 Å². The number of hydrogen-bond donors (Lipinski definition) is 1. The maximum Gasteiger partial charge on any atom is 0.0560 e. The molecule has 0 saturated carbocycles. The van der Waals surface area contributed by atoms with Gasteiger partial charge in [0.25, 0.3) is 0 Å². The molecule has 0 fully saturated rings. The quantitative estimate of drug-likeness (QED) is 0.770. The number of hydrogen-bond acceptors (Lipinski definition) is 2. The summed E-state index contributed by atoms with van der Waals surface area (Å²) in [5.74, 6) is 0. The van der Waals surface area contributed by atoms with Crippen molar-refractivity contribution in [3.05, 3.63) is 66.5 Å². The van der Waals surface area contributed by atoms with Gasteiger partial charge in [-0.05, 0) is 42.3 Å². The van der Waals surface area contributed by atoms with Crippen molar-refractivity contribution in [2.45, 2.75) is 32.5 Å². The molecule has 0 aliphatic carbocycles. The molecule has 0 bridgehead atoms. The van der Waals surface area contributed by atoms with Crippen LogP contribution in [0.15, 0.2) is 60.9 Å². The van der Waals surface area contributed by atoms with Crippen molar-refractivity contribution in [3.63, 3.8) is 0 Å². The van der Waals surface area contributed by atoms with E-state index < -0.39 is 0 Å². The molecule has 3 nitrogen and oxygen atoms in total. The highest BCUT2D eigenvalue weighted by Crippen LogP contribution is 2.20. The molecule has 21 heavy (non-hydrogen) atoms. The summed E-state index contributed by atoms with van der Waals surface area (Å²) in [6.07, 6.45) is 3.82. The second-order valence-electron chi connectivity index (χ2n) is 5.62. The van der Waals surface area contributed by atoms with E-state index in [1.54, 1.807) is 0 Å². The van der Waals surface area contributed by atoms with E-state index in [0.29, 0.717) is 12.1 Å². The Bertz CT molecular complexity index is 703. The van der Waals surface area contributed by atoms with Gasteiger partial charge in [-0.1, -0.05) is 36.4 Å². The average Bonchev–Trinajstić information content (AvgIpc) is 2.99. The number of nitrogens with one attached hydrogen (secondary N) is 1. The first kappa shape index (κ1) is 13.8. The fraction of sp³-hybridized carbons (Fsp3) is 0.278. The zero-order valence-corrected chi connectivity index (χ0v) is 12.5. The minimum absolute atomic E-state index is 0.320. The summed E-state index contributed by atoms with van der Waals surface area (Å²) < 4.78 is 1.96. The largest absolute Gasteiger partial charge is 0.306 e. The van der Waals surface area contributed by atoms with Crippen LogP contribution >= 0.6 is 0 Å². The molecule has 0 amide bonds. The normalized spacial score (nSPS) is 14.2. The Morgan fingerprint density at radius 1 is 1.05 bits per heavy atom. The molecule has 0 aliphatic rings. The Hall–Kier alpha value is -2.13. The maximum absolute atomic E-state index is 4.25. The topological polar surface area (TPSA) is 29.9 Å². The van der Waals surface area contributed by atoms with Crippen LogP contribution in [0.5, 0.6) is 0 Å². The van der Waals surface area contributed by atoms with Gasteiger partial charge in [0, 0.05) is 24.5 Å². The van der Waals surface area contributed by atoms with Crippen LogP contribution < -0.4 is 5.32 Å². The molecule has 3 aromatic rings. The highest BCUT2D eigenvalue weighted by Gasteiger charge is 2.10. The smallest absolute Gasteiger partial charge is 0.0560 e. The van der Waals surface area contributed by atoms with E-state index in [4.69, 9.17) is 0 Å². The predicted molar refractivity (Wildman–Crippen MR) is 87.2 cm³/mol. The second-order valence-corrected chi connectivity index (χ2v) is 5.62. The molecular weight excluding hydrogens is 258 g/mol. The van der Waals surface area contributed by atoms with Gasteiger partial charge in [0.2, 0.25) is 0 Å². The van der Waals surface area contributed by atoms with Crippen molar-refractivity contribution in [2.75, 3.05) is 0 Å². The minimum Gasteiger partial charge on any atom is -0.306 e. The lowest BCUT2D eigenvalue weighted by Gasteiger charge is -2.21. The second kappa shape index (κ2) is 6.10. The molecule has 108 valence electrons. The summed E-state index contributed by atoms with van der Waals surface area (Å²) in [4.78, 5) is 0. The average molecular weight is 279 g/mol. The molecule has 3 heteroatoms. The first-order valence-electron chi connectivity index (χ1n) is 7.44. The Kier molecular flexibility index (Phi) is 4.02. The number of benzene rings is 2. The van der Waals surface area contributed by atoms with Gasteiger partial charge in [-0.15, -0.1) is 0 Å². The van der Waals surface area contributed by atoms with Gasteiger partial charge in [0.05, 0.1) is 6.54 Å². The zero-order valence-electron chi connectivity index (χ0n) is 12.5. The number of aromatic nitrogens is 2. The first-order valence-corrected chi connectivity index (χ1v) is 7.44. The van der Waals surface area contributed by atoms with Crippen LogP contribution in [-0.2, 0) is 6.54 Å². The van der Waals surface area contributed by atoms with E-state index in [9.17, 15) is 0 Å². The van der Waals surface area contributed by atoms with Gasteiger partial charge in [-0.2, -0.15) is 5.10 Å². The summed E-state index contributed by atoms with van der Waals surface area (Å²) in [6.45, 7) is 5.29. The van der Waals surface area contributed by atoms with E-state index in [0.717, 1.165) is 6.54 Å². The Morgan fingerprint density at radius 3 is 2.62 bits per heavy atom. The molecule has 2 unspecified atom stereocenters. The third-order valence-electron chi connectivity index (χ3n) is 3.83. The van der Waals surface area contributed by atoms with E-state index in [1.807, 2.05) is 23.1 Å². The fourth-order valence-electron chi connectivity index (χ4n) is 2.74. The number of nitrogens with zero attached hydrogens (tertiary/aromatic N) is 2. The van der Waals surface area contributed by atoms with Gasteiger partial charge >= 0.3 is 0 Å². The van der Waals surface area contributed by atoms with Crippen molar-refractivity contribution >= 4 is 10.8 Å². The maximum atomic E-state index is 4.25. The minimum atomic E-state index is 0.320. The third kappa shape index (κ3) is 3.31. The zero-order chi connectivity index (χ0) is 14.7. The standard InChI is InChI=1S/C18H21N3/c1-14(13-21-11-5-10-19-21)20-15(2)17-9-8-16-6-3-4-7-18(16)12-17/h3-12,14-15,20H,13H2,1-2H3. The highest BCUT2D eigenvalue weighted by atomic mass is 15.3. The summed E-state index contributed by atoms with van der Waals surface area (Å²) in [5.41, 5.74) is 1.32. The molecule has 0 spiro atoms. The van der Waals surface area contributed by atoms with E-state index in [-0.39, 0.29) is 0 Å². The summed E-state index contributed by atoms with van der Waals surface area (Å²) in [6, 6.07) is 17.8. The van der Waals surface area contributed by atoms with Crippen LogP contribution in [0, 0.1) is 0 Å². The highest BCUT2D eigenvalue weighted by molar-refractivity contribution is 5.83. The summed E-state index contributed by atoms with van der Waals surface area (Å²) in [5, 5.41) is 10.5. The predicted octanol–water partition coefficient (Wildman–Crippen LogP) is 3.78. The number of rotatable bonds is 5. The van der Waals surface area contributed by atoms with Crippen molar-refractivity contribution in [1.29, 1.82) is 0 Å². The van der Waals surface area contributed by atoms with Crippen molar-refractivity contribution in [3.8, 4) is 0 Å². The van der Waals surface area contributed by atoms with Gasteiger partial charge in [-0.25, -0.2) is 0 Å². The van der Waals surface area contributed by atoms with Crippen molar-refractivity contribution in [1.82, 2.24) is 15.1 Å². The molecule has 1 heterocycles. The van der Waals surface area contributed by atoms with Crippen LogP contribution in [0.2, 0.25) is 0 Å². The SMILES string of the molecule is CC(Cn1cccn1)NC(C)c1ccc2ccccc2c1. The van der Waals surface area contributed by atoms with Crippen molar-refractivity contribution < 1.29 is 0 Å². The molecule has 1 aromatic heterocycles.